The van der Waals surface area contributed by atoms with Gasteiger partial charge in [-0.1, -0.05) is 0 Å². The molecule has 7 heteroatoms. The summed E-state index contributed by atoms with van der Waals surface area (Å²) in [5, 5.41) is 10.2. The van der Waals surface area contributed by atoms with Gasteiger partial charge >= 0.3 is 0 Å². The number of nitrogens with zero attached hydrogens (tertiary/aromatic N) is 1. The van der Waals surface area contributed by atoms with Crippen LogP contribution in [0.4, 0.5) is 0 Å². The van der Waals surface area contributed by atoms with Gasteiger partial charge in [0.15, 0.2) is 0 Å². The van der Waals surface area contributed by atoms with Crippen LogP contribution >= 0.6 is 0 Å². The second-order valence-corrected chi connectivity index (χ2v) is 5.50. The van der Waals surface area contributed by atoms with Crippen LogP contribution in [0.5, 0.6) is 17.4 Å². The first-order chi connectivity index (χ1) is 12.7. The van der Waals surface area contributed by atoms with Crippen LogP contribution in [0.2, 0.25) is 0 Å². The molecule has 0 saturated carbocycles. The van der Waals surface area contributed by atoms with E-state index in [4.69, 9.17) is 25.4 Å². The fourth-order valence-electron chi connectivity index (χ4n) is 2.13. The number of pyridine rings is 1. The molecule has 1 atom stereocenters. The highest BCUT2D eigenvalue weighted by molar-refractivity contribution is 5.81. The summed E-state index contributed by atoms with van der Waals surface area (Å²) in [6, 6.07) is 11.0. The third kappa shape index (κ3) is 5.87. The lowest BCUT2D eigenvalue weighted by Gasteiger charge is -2.16. The second-order valence-electron chi connectivity index (χ2n) is 5.50. The average molecular weight is 356 g/mol. The van der Waals surface area contributed by atoms with E-state index in [9.17, 15) is 0 Å². The Morgan fingerprint density at radius 3 is 2.50 bits per heavy atom. The highest BCUT2D eigenvalue weighted by Gasteiger charge is 2.07. The Morgan fingerprint density at radius 2 is 1.92 bits per heavy atom. The molecule has 1 aromatic carbocycles. The first-order valence-electron chi connectivity index (χ1n) is 8.16. The third-order valence-electron chi connectivity index (χ3n) is 3.61. The highest BCUT2D eigenvalue weighted by Crippen LogP contribution is 2.23. The predicted molar refractivity (Wildman–Crippen MR) is 102 cm³/mol. The molecular formula is C19H24N4O3. The number of allylic oxidation sites excluding steroid dienone is 1. The molecule has 0 fully saturated rings. The molecule has 2 rings (SSSR count). The molecule has 0 aliphatic heterocycles. The SMILES string of the molecule is CNC(COC)COc1ccc(Oc2ccc(/C(N)=C/C=N)cn2)cc1. The molecule has 0 spiro atoms. The Kier molecular flexibility index (Phi) is 7.60. The molecular weight excluding hydrogens is 332 g/mol. The molecule has 7 nitrogen and oxygen atoms in total. The van der Waals surface area contributed by atoms with Crippen LogP contribution in [-0.2, 0) is 4.74 Å². The molecule has 0 aliphatic rings. The molecule has 2 aromatic rings. The van der Waals surface area contributed by atoms with Crippen LogP contribution in [-0.4, -0.2) is 44.6 Å². The molecule has 0 radical (unpaired) electrons. The van der Waals surface area contributed by atoms with Gasteiger partial charge in [0.2, 0.25) is 5.88 Å². The zero-order chi connectivity index (χ0) is 18.8. The minimum Gasteiger partial charge on any atom is -0.492 e. The lowest BCUT2D eigenvalue weighted by molar-refractivity contribution is 0.140. The van der Waals surface area contributed by atoms with Gasteiger partial charge in [0.25, 0.3) is 0 Å². The molecule has 0 amide bonds. The summed E-state index contributed by atoms with van der Waals surface area (Å²) in [4.78, 5) is 4.22. The number of likely N-dealkylation sites (N-methyl/N-ethyl adjacent to an activating group) is 1. The summed E-state index contributed by atoms with van der Waals surface area (Å²) in [5.41, 5.74) is 7.02. The van der Waals surface area contributed by atoms with E-state index < -0.39 is 0 Å². The summed E-state index contributed by atoms with van der Waals surface area (Å²) in [7, 11) is 3.53. The number of methoxy groups -OCH3 is 1. The molecule has 0 aliphatic carbocycles. The van der Waals surface area contributed by atoms with Gasteiger partial charge in [-0.15, -0.1) is 0 Å². The fraction of sp³-hybridized carbons (Fsp3) is 0.263. The molecule has 138 valence electrons. The second kappa shape index (κ2) is 10.2. The summed E-state index contributed by atoms with van der Waals surface area (Å²) < 4.78 is 16.6. The van der Waals surface area contributed by atoms with Gasteiger partial charge in [-0.3, -0.25) is 0 Å². The van der Waals surface area contributed by atoms with Crippen LogP contribution in [0.25, 0.3) is 5.70 Å². The minimum absolute atomic E-state index is 0.132. The maximum atomic E-state index is 7.03. The summed E-state index contributed by atoms with van der Waals surface area (Å²) >= 11 is 0. The van der Waals surface area contributed by atoms with Crippen LogP contribution in [0.1, 0.15) is 5.56 Å². The number of ether oxygens (including phenoxy) is 3. The largest absolute Gasteiger partial charge is 0.492 e. The molecule has 4 N–H and O–H groups in total. The first kappa shape index (κ1) is 19.4. The van der Waals surface area contributed by atoms with E-state index in [2.05, 4.69) is 10.3 Å². The van der Waals surface area contributed by atoms with Gasteiger partial charge < -0.3 is 30.7 Å². The molecule has 1 aromatic heterocycles. The number of aromatic nitrogens is 1. The standard InChI is InChI=1S/C19H24N4O3/c1-22-15(12-24-2)13-25-16-4-6-17(7-5-16)26-19-8-3-14(11-23-19)18(21)9-10-20/h3-11,15,20,22H,12-13,21H2,1-2H3/b18-9-,20-10?. The zero-order valence-corrected chi connectivity index (χ0v) is 14.9. The molecule has 1 heterocycles. The van der Waals surface area contributed by atoms with Crippen molar-refractivity contribution in [1.82, 2.24) is 10.3 Å². The van der Waals surface area contributed by atoms with E-state index in [0.29, 0.717) is 30.5 Å². The molecule has 26 heavy (non-hydrogen) atoms. The summed E-state index contributed by atoms with van der Waals surface area (Å²) in [6.45, 7) is 1.09. The Hall–Kier alpha value is -2.90. The van der Waals surface area contributed by atoms with Crippen LogP contribution in [0, 0.1) is 5.41 Å². The average Bonchev–Trinajstić information content (AvgIpc) is 2.67. The van der Waals surface area contributed by atoms with Crippen molar-refractivity contribution in [3.8, 4) is 17.4 Å². The van der Waals surface area contributed by atoms with Gasteiger partial charge in [0.1, 0.15) is 18.1 Å². The van der Waals surface area contributed by atoms with Crippen LogP contribution < -0.4 is 20.5 Å². The van der Waals surface area contributed by atoms with Crippen molar-refractivity contribution in [2.45, 2.75) is 6.04 Å². The Labute approximate surface area is 153 Å². The maximum Gasteiger partial charge on any atom is 0.219 e. The molecule has 1 unspecified atom stereocenters. The molecule has 0 bridgehead atoms. The number of hydrogen-bond donors (Lipinski definition) is 3. The van der Waals surface area contributed by atoms with Gasteiger partial charge in [-0.25, -0.2) is 4.98 Å². The summed E-state index contributed by atoms with van der Waals surface area (Å²) in [6.07, 6.45) is 4.24. The normalized spacial score (nSPS) is 12.5. The monoisotopic (exact) mass is 356 g/mol. The van der Waals surface area contributed by atoms with Crippen LogP contribution in [0.15, 0.2) is 48.7 Å². The smallest absolute Gasteiger partial charge is 0.219 e. The van der Waals surface area contributed by atoms with Gasteiger partial charge in [0.05, 0.1) is 12.6 Å². The van der Waals surface area contributed by atoms with E-state index in [1.54, 1.807) is 25.4 Å². The lowest BCUT2D eigenvalue weighted by atomic mass is 10.2. The van der Waals surface area contributed by atoms with Gasteiger partial charge in [0, 0.05) is 36.8 Å². The van der Waals surface area contributed by atoms with Crippen molar-refractivity contribution in [2.75, 3.05) is 27.4 Å². The predicted octanol–water partition coefficient (Wildman–Crippen LogP) is 2.44. The fourth-order valence-corrected chi connectivity index (χ4v) is 2.13. The number of hydrogen-bond acceptors (Lipinski definition) is 7. The number of benzene rings is 1. The molecule has 0 saturated heterocycles. The third-order valence-corrected chi connectivity index (χ3v) is 3.61. The highest BCUT2D eigenvalue weighted by atomic mass is 16.5. The van der Waals surface area contributed by atoms with Crippen molar-refractivity contribution in [3.05, 3.63) is 54.2 Å². The topological polar surface area (TPSA) is 102 Å². The van der Waals surface area contributed by atoms with Crippen molar-refractivity contribution in [2.24, 2.45) is 5.73 Å². The van der Waals surface area contributed by atoms with E-state index in [1.807, 2.05) is 31.3 Å². The van der Waals surface area contributed by atoms with Crippen LogP contribution in [0.3, 0.4) is 0 Å². The number of nitrogens with two attached hydrogens (primary N) is 1. The van der Waals surface area contributed by atoms with Crippen molar-refractivity contribution in [3.63, 3.8) is 0 Å². The number of rotatable bonds is 10. The Bertz CT molecular complexity index is 715. The van der Waals surface area contributed by atoms with E-state index >= 15 is 0 Å². The van der Waals surface area contributed by atoms with Crippen molar-refractivity contribution in [1.29, 1.82) is 5.41 Å². The van der Waals surface area contributed by atoms with E-state index in [0.717, 1.165) is 17.5 Å². The lowest BCUT2D eigenvalue weighted by Crippen LogP contribution is -2.35. The minimum atomic E-state index is 0.132. The quantitative estimate of drug-likeness (QED) is 0.565. The van der Waals surface area contributed by atoms with Crippen molar-refractivity contribution >= 4 is 11.9 Å². The Morgan fingerprint density at radius 1 is 1.19 bits per heavy atom. The zero-order valence-electron chi connectivity index (χ0n) is 14.9. The first-order valence-corrected chi connectivity index (χ1v) is 8.16. The maximum absolute atomic E-state index is 7.03. The van der Waals surface area contributed by atoms with E-state index in [-0.39, 0.29) is 6.04 Å². The summed E-state index contributed by atoms with van der Waals surface area (Å²) in [5.74, 6) is 1.87. The Balaban J connectivity index is 1.92. The van der Waals surface area contributed by atoms with E-state index in [1.165, 1.54) is 6.08 Å². The van der Waals surface area contributed by atoms with Crippen molar-refractivity contribution < 1.29 is 14.2 Å². The van der Waals surface area contributed by atoms with Gasteiger partial charge in [-0.05, 0) is 43.5 Å². The van der Waals surface area contributed by atoms with Gasteiger partial charge in [-0.2, -0.15) is 0 Å². The number of nitrogens with one attached hydrogen (secondary N) is 2.